The largest absolute Gasteiger partial charge is 0.250 e. The number of hydrogen-bond acceptors (Lipinski definition) is 3. The van der Waals surface area contributed by atoms with Crippen LogP contribution in [0.4, 0.5) is 0 Å². The maximum Gasteiger partial charge on any atom is 0.159 e. The molecule has 0 aromatic carbocycles. The van der Waals surface area contributed by atoms with E-state index in [0.717, 1.165) is 0 Å². The third-order valence-corrected chi connectivity index (χ3v) is 2.22. The molecule has 0 amide bonds. The van der Waals surface area contributed by atoms with Crippen LogP contribution in [-0.4, -0.2) is 14.8 Å². The standard InChI is InChI=1S/C8H5ClN4/c1-13-8-6(4-12-13)7(9)5(2-10)3-11-8/h3-4H,1H3. The van der Waals surface area contributed by atoms with E-state index in [2.05, 4.69) is 10.1 Å². The van der Waals surface area contributed by atoms with E-state index in [1.165, 1.54) is 6.20 Å². The van der Waals surface area contributed by atoms with E-state index in [-0.39, 0.29) is 0 Å². The number of aromatic nitrogens is 3. The number of aryl methyl sites for hydroxylation is 1. The van der Waals surface area contributed by atoms with E-state index in [0.29, 0.717) is 21.6 Å². The smallest absolute Gasteiger partial charge is 0.159 e. The summed E-state index contributed by atoms with van der Waals surface area (Å²) in [7, 11) is 1.78. The fourth-order valence-corrected chi connectivity index (χ4v) is 1.37. The molecule has 5 heteroatoms. The van der Waals surface area contributed by atoms with Crippen molar-refractivity contribution in [2.24, 2.45) is 7.05 Å². The Kier molecular flexibility index (Phi) is 1.67. The quantitative estimate of drug-likeness (QED) is 0.636. The van der Waals surface area contributed by atoms with Crippen LogP contribution in [0.3, 0.4) is 0 Å². The summed E-state index contributed by atoms with van der Waals surface area (Å²) >= 11 is 5.94. The second-order valence-corrected chi connectivity index (χ2v) is 2.98. The molecule has 0 radical (unpaired) electrons. The monoisotopic (exact) mass is 192 g/mol. The highest BCUT2D eigenvalue weighted by molar-refractivity contribution is 6.36. The van der Waals surface area contributed by atoms with Crippen LogP contribution >= 0.6 is 11.6 Å². The van der Waals surface area contributed by atoms with Crippen LogP contribution in [0.25, 0.3) is 11.0 Å². The van der Waals surface area contributed by atoms with Crippen molar-refractivity contribution in [1.82, 2.24) is 14.8 Å². The van der Waals surface area contributed by atoms with Crippen molar-refractivity contribution < 1.29 is 0 Å². The lowest BCUT2D eigenvalue weighted by Gasteiger charge is -1.96. The molecule has 0 fully saturated rings. The van der Waals surface area contributed by atoms with Crippen molar-refractivity contribution in [2.45, 2.75) is 0 Å². The average Bonchev–Trinajstić information content (AvgIpc) is 2.50. The number of fused-ring (bicyclic) bond motifs is 1. The highest BCUT2D eigenvalue weighted by Gasteiger charge is 2.08. The number of hydrogen-bond donors (Lipinski definition) is 0. The lowest BCUT2D eigenvalue weighted by atomic mass is 10.2. The van der Waals surface area contributed by atoms with Crippen molar-refractivity contribution in [3.8, 4) is 6.07 Å². The first-order chi connectivity index (χ1) is 6.24. The Morgan fingerprint density at radius 2 is 2.31 bits per heavy atom. The molecule has 0 spiro atoms. The third kappa shape index (κ3) is 1.05. The predicted octanol–water partition coefficient (Wildman–Crippen LogP) is 1.49. The van der Waals surface area contributed by atoms with Crippen LogP contribution in [0.1, 0.15) is 5.56 Å². The average molecular weight is 193 g/mol. The molecule has 0 atom stereocenters. The van der Waals surface area contributed by atoms with Gasteiger partial charge in [0.05, 0.1) is 22.2 Å². The first kappa shape index (κ1) is 8.02. The summed E-state index contributed by atoms with van der Waals surface area (Å²) in [4.78, 5) is 4.07. The topological polar surface area (TPSA) is 54.5 Å². The van der Waals surface area contributed by atoms with Crippen LogP contribution in [0.5, 0.6) is 0 Å². The van der Waals surface area contributed by atoms with Gasteiger partial charge in [-0.25, -0.2) is 4.98 Å². The zero-order chi connectivity index (χ0) is 9.42. The first-order valence-electron chi connectivity index (χ1n) is 3.60. The zero-order valence-electron chi connectivity index (χ0n) is 6.82. The van der Waals surface area contributed by atoms with Gasteiger partial charge in [0.2, 0.25) is 0 Å². The van der Waals surface area contributed by atoms with Crippen molar-refractivity contribution in [1.29, 1.82) is 5.26 Å². The Morgan fingerprint density at radius 1 is 1.54 bits per heavy atom. The number of nitriles is 1. The molecule has 0 aliphatic carbocycles. The van der Waals surface area contributed by atoms with Crippen molar-refractivity contribution in [3.63, 3.8) is 0 Å². The summed E-state index contributed by atoms with van der Waals surface area (Å²) < 4.78 is 1.61. The maximum absolute atomic E-state index is 8.68. The van der Waals surface area contributed by atoms with E-state index in [1.807, 2.05) is 6.07 Å². The zero-order valence-corrected chi connectivity index (χ0v) is 7.58. The van der Waals surface area contributed by atoms with E-state index in [1.54, 1.807) is 17.9 Å². The Labute approximate surface area is 79.4 Å². The molecule has 0 unspecified atom stereocenters. The molecular weight excluding hydrogens is 188 g/mol. The Morgan fingerprint density at radius 3 is 3.00 bits per heavy atom. The van der Waals surface area contributed by atoms with Gasteiger partial charge in [-0.2, -0.15) is 10.4 Å². The molecule has 0 bridgehead atoms. The maximum atomic E-state index is 8.68. The summed E-state index contributed by atoms with van der Waals surface area (Å²) in [5.74, 6) is 0. The minimum Gasteiger partial charge on any atom is -0.250 e. The number of nitrogens with zero attached hydrogens (tertiary/aromatic N) is 4. The molecule has 2 rings (SSSR count). The minimum atomic E-state index is 0.377. The van der Waals surface area contributed by atoms with E-state index >= 15 is 0 Å². The van der Waals surface area contributed by atoms with Crippen LogP contribution < -0.4 is 0 Å². The van der Waals surface area contributed by atoms with Gasteiger partial charge >= 0.3 is 0 Å². The number of pyridine rings is 1. The van der Waals surface area contributed by atoms with E-state index < -0.39 is 0 Å². The molecule has 0 aliphatic rings. The Hall–Kier alpha value is -1.60. The fourth-order valence-electron chi connectivity index (χ4n) is 1.14. The fraction of sp³-hybridized carbons (Fsp3) is 0.125. The molecule has 0 saturated carbocycles. The summed E-state index contributed by atoms with van der Waals surface area (Å²) in [5, 5.41) is 13.8. The first-order valence-corrected chi connectivity index (χ1v) is 3.98. The molecule has 0 aliphatic heterocycles. The minimum absolute atomic E-state index is 0.377. The summed E-state index contributed by atoms with van der Waals surface area (Å²) in [6, 6.07) is 1.97. The molecule has 2 aromatic rings. The van der Waals surface area contributed by atoms with Crippen molar-refractivity contribution in [2.75, 3.05) is 0 Å². The number of rotatable bonds is 0. The molecule has 2 aromatic heterocycles. The molecular formula is C8H5ClN4. The SMILES string of the molecule is Cn1ncc2c(Cl)c(C#N)cnc21. The molecule has 64 valence electrons. The molecule has 4 nitrogen and oxygen atoms in total. The molecule has 2 heterocycles. The lowest BCUT2D eigenvalue weighted by molar-refractivity contribution is 0.786. The van der Waals surface area contributed by atoms with Crippen LogP contribution in [0, 0.1) is 11.3 Å². The Bertz CT molecular complexity index is 509. The van der Waals surface area contributed by atoms with Crippen LogP contribution in [0.2, 0.25) is 5.02 Å². The molecule has 0 saturated heterocycles. The highest BCUT2D eigenvalue weighted by atomic mass is 35.5. The van der Waals surface area contributed by atoms with Gasteiger partial charge < -0.3 is 0 Å². The summed E-state index contributed by atoms with van der Waals surface area (Å²) in [6.45, 7) is 0. The van der Waals surface area contributed by atoms with Crippen LogP contribution in [0.15, 0.2) is 12.4 Å². The predicted molar refractivity (Wildman–Crippen MR) is 48.2 cm³/mol. The summed E-state index contributed by atoms with van der Waals surface area (Å²) in [6.07, 6.45) is 3.05. The van der Waals surface area contributed by atoms with Gasteiger partial charge in [0.1, 0.15) is 6.07 Å². The van der Waals surface area contributed by atoms with Gasteiger partial charge in [0.25, 0.3) is 0 Å². The molecule has 0 N–H and O–H groups in total. The van der Waals surface area contributed by atoms with Gasteiger partial charge in [0, 0.05) is 13.2 Å². The van der Waals surface area contributed by atoms with Crippen LogP contribution in [-0.2, 0) is 7.05 Å². The Balaban J connectivity index is 2.90. The van der Waals surface area contributed by atoms with E-state index in [4.69, 9.17) is 16.9 Å². The van der Waals surface area contributed by atoms with Gasteiger partial charge in [-0.3, -0.25) is 4.68 Å². The third-order valence-electron chi connectivity index (χ3n) is 1.82. The molecule has 13 heavy (non-hydrogen) atoms. The highest BCUT2D eigenvalue weighted by Crippen LogP contribution is 2.23. The normalized spacial score (nSPS) is 10.2. The van der Waals surface area contributed by atoms with E-state index in [9.17, 15) is 0 Å². The summed E-state index contributed by atoms with van der Waals surface area (Å²) in [5.41, 5.74) is 1.06. The lowest BCUT2D eigenvalue weighted by Crippen LogP contribution is -1.92. The van der Waals surface area contributed by atoms with Gasteiger partial charge in [-0.05, 0) is 0 Å². The second kappa shape index (κ2) is 2.71. The number of halogens is 1. The van der Waals surface area contributed by atoms with Crippen molar-refractivity contribution >= 4 is 22.6 Å². The van der Waals surface area contributed by atoms with Gasteiger partial charge in [0.15, 0.2) is 5.65 Å². The van der Waals surface area contributed by atoms with Gasteiger partial charge in [-0.15, -0.1) is 0 Å². The second-order valence-electron chi connectivity index (χ2n) is 2.60. The van der Waals surface area contributed by atoms with Gasteiger partial charge in [-0.1, -0.05) is 11.6 Å². The van der Waals surface area contributed by atoms with Crippen molar-refractivity contribution in [3.05, 3.63) is 23.0 Å².